The largest absolute Gasteiger partial charge is 0.453 e. The molecule has 0 aliphatic heterocycles. The van der Waals surface area contributed by atoms with Crippen molar-refractivity contribution in [2.45, 2.75) is 25.9 Å². The Morgan fingerprint density at radius 1 is 1.19 bits per heavy atom. The average molecular weight is 354 g/mol. The highest BCUT2D eigenvalue weighted by Gasteiger charge is 2.18. The number of anilines is 1. The fraction of sp³-hybridized carbons (Fsp3) is 0.200. The summed E-state index contributed by atoms with van der Waals surface area (Å²) in [5.41, 5.74) is 2.35. The van der Waals surface area contributed by atoms with Gasteiger partial charge in [-0.3, -0.25) is 9.59 Å². The Hall–Kier alpha value is -3.15. The molecule has 0 radical (unpaired) electrons. The van der Waals surface area contributed by atoms with Gasteiger partial charge in [0.25, 0.3) is 5.91 Å². The number of carbonyl (C=O) groups is 2. The molecule has 0 aliphatic carbocycles. The Bertz CT molecular complexity index is 935. The molecule has 0 saturated carbocycles. The summed E-state index contributed by atoms with van der Waals surface area (Å²) in [6.45, 7) is 1.48. The van der Waals surface area contributed by atoms with Crippen LogP contribution in [0.1, 0.15) is 18.9 Å². The lowest BCUT2D eigenvalue weighted by Crippen LogP contribution is -2.30. The molecule has 0 fully saturated rings. The number of nitrogens with one attached hydrogen (secondary N) is 2. The molecule has 3 aromatic rings. The van der Waals surface area contributed by atoms with Gasteiger partial charge in [0.05, 0.1) is 0 Å². The molecule has 0 spiro atoms. The first-order valence-electron chi connectivity index (χ1n) is 8.34. The molecule has 1 atom stereocenters. The number of aryl methyl sites for hydroxylation is 1. The molecule has 134 valence electrons. The summed E-state index contributed by atoms with van der Waals surface area (Å²) < 4.78 is 18.3. The molecule has 1 unspecified atom stereocenters. The number of carbonyl (C=O) groups excluding carboxylic acids is 2. The Morgan fingerprint density at radius 2 is 2.00 bits per heavy atom. The molecule has 26 heavy (non-hydrogen) atoms. The number of esters is 1. The van der Waals surface area contributed by atoms with Gasteiger partial charge in [0.2, 0.25) is 0 Å². The minimum atomic E-state index is -0.964. The molecular formula is C20H19FN2O3. The van der Waals surface area contributed by atoms with Crippen molar-refractivity contribution in [2.75, 3.05) is 5.32 Å². The minimum absolute atomic E-state index is 0.166. The number of para-hydroxylation sites is 1. The van der Waals surface area contributed by atoms with Crippen molar-refractivity contribution in [1.29, 1.82) is 0 Å². The number of hydrogen-bond donors (Lipinski definition) is 2. The number of amides is 1. The van der Waals surface area contributed by atoms with Crippen LogP contribution in [0.3, 0.4) is 0 Å². The monoisotopic (exact) mass is 354 g/mol. The lowest BCUT2D eigenvalue weighted by atomic mass is 10.1. The zero-order valence-electron chi connectivity index (χ0n) is 14.3. The molecule has 1 heterocycles. The van der Waals surface area contributed by atoms with Gasteiger partial charge in [0, 0.05) is 29.2 Å². The van der Waals surface area contributed by atoms with E-state index in [1.165, 1.54) is 25.1 Å². The third-order valence-electron chi connectivity index (χ3n) is 4.04. The molecule has 0 aliphatic rings. The summed E-state index contributed by atoms with van der Waals surface area (Å²) in [6.07, 6.45) is 1.59. The van der Waals surface area contributed by atoms with E-state index >= 15 is 0 Å². The van der Waals surface area contributed by atoms with Gasteiger partial charge in [0.15, 0.2) is 6.10 Å². The van der Waals surface area contributed by atoms with Gasteiger partial charge in [-0.15, -0.1) is 0 Å². The fourth-order valence-electron chi connectivity index (χ4n) is 2.69. The van der Waals surface area contributed by atoms with Gasteiger partial charge in [-0.2, -0.15) is 0 Å². The third-order valence-corrected chi connectivity index (χ3v) is 4.04. The number of rotatable bonds is 6. The third kappa shape index (κ3) is 4.27. The minimum Gasteiger partial charge on any atom is -0.453 e. The van der Waals surface area contributed by atoms with E-state index in [9.17, 15) is 14.0 Å². The number of H-pyrrole nitrogens is 1. The average Bonchev–Trinajstić information content (AvgIpc) is 3.03. The first-order chi connectivity index (χ1) is 12.5. The molecule has 2 aromatic carbocycles. The van der Waals surface area contributed by atoms with Crippen molar-refractivity contribution < 1.29 is 18.7 Å². The number of hydrogen-bond acceptors (Lipinski definition) is 3. The smallest absolute Gasteiger partial charge is 0.306 e. The van der Waals surface area contributed by atoms with Crippen LogP contribution in [0.15, 0.2) is 54.7 Å². The standard InChI is InChI=1S/C20H19FN2O3/c1-13(20(25)23-16-6-4-5-15(21)11-16)26-19(24)10-9-14-12-22-18-8-3-2-7-17(14)18/h2-8,11-13,22H,9-10H2,1H3,(H,23,25). The normalized spacial score (nSPS) is 11.9. The molecule has 3 rings (SSSR count). The maximum Gasteiger partial charge on any atom is 0.306 e. The van der Waals surface area contributed by atoms with E-state index in [1.807, 2.05) is 30.5 Å². The Balaban J connectivity index is 1.51. The Labute approximate surface area is 150 Å². The zero-order valence-corrected chi connectivity index (χ0v) is 14.3. The topological polar surface area (TPSA) is 71.2 Å². The predicted molar refractivity (Wildman–Crippen MR) is 97.2 cm³/mol. The van der Waals surface area contributed by atoms with E-state index in [1.54, 1.807) is 6.07 Å². The van der Waals surface area contributed by atoms with Crippen molar-refractivity contribution in [3.05, 3.63) is 66.1 Å². The number of ether oxygens (including phenoxy) is 1. The van der Waals surface area contributed by atoms with Gasteiger partial charge in [-0.1, -0.05) is 24.3 Å². The number of fused-ring (bicyclic) bond motifs is 1. The first kappa shape index (κ1) is 17.7. The molecule has 5 nitrogen and oxygen atoms in total. The van der Waals surface area contributed by atoms with E-state index in [2.05, 4.69) is 10.3 Å². The fourth-order valence-corrected chi connectivity index (χ4v) is 2.69. The van der Waals surface area contributed by atoms with E-state index in [4.69, 9.17) is 4.74 Å². The van der Waals surface area contributed by atoms with Crippen LogP contribution in [-0.2, 0) is 20.7 Å². The van der Waals surface area contributed by atoms with Gasteiger partial charge in [-0.05, 0) is 43.2 Å². The molecule has 6 heteroatoms. The summed E-state index contributed by atoms with van der Waals surface area (Å²) in [4.78, 5) is 27.2. The van der Waals surface area contributed by atoms with Crippen molar-refractivity contribution >= 4 is 28.5 Å². The second-order valence-corrected chi connectivity index (χ2v) is 5.99. The second kappa shape index (κ2) is 7.82. The molecule has 1 amide bonds. The molecule has 0 bridgehead atoms. The van der Waals surface area contributed by atoms with Crippen LogP contribution in [-0.4, -0.2) is 23.0 Å². The zero-order chi connectivity index (χ0) is 18.5. The maximum atomic E-state index is 13.1. The van der Waals surface area contributed by atoms with Crippen LogP contribution in [0.5, 0.6) is 0 Å². The van der Waals surface area contributed by atoms with Crippen LogP contribution in [0.4, 0.5) is 10.1 Å². The van der Waals surface area contributed by atoms with Crippen LogP contribution >= 0.6 is 0 Å². The van der Waals surface area contributed by atoms with Crippen molar-refractivity contribution in [3.8, 4) is 0 Å². The maximum absolute atomic E-state index is 13.1. The molecule has 1 aromatic heterocycles. The van der Waals surface area contributed by atoms with E-state index in [0.717, 1.165) is 16.5 Å². The number of halogens is 1. The predicted octanol–water partition coefficient (Wildman–Crippen LogP) is 3.81. The first-order valence-corrected chi connectivity index (χ1v) is 8.34. The number of aromatic amines is 1. The molecule has 2 N–H and O–H groups in total. The van der Waals surface area contributed by atoms with Gasteiger partial charge in [-0.25, -0.2) is 4.39 Å². The highest BCUT2D eigenvalue weighted by atomic mass is 19.1. The Kier molecular flexibility index (Phi) is 5.31. The van der Waals surface area contributed by atoms with Crippen LogP contribution < -0.4 is 5.32 Å². The molecular weight excluding hydrogens is 335 g/mol. The summed E-state index contributed by atoms with van der Waals surface area (Å²) >= 11 is 0. The second-order valence-electron chi connectivity index (χ2n) is 5.99. The van der Waals surface area contributed by atoms with Crippen molar-refractivity contribution in [2.24, 2.45) is 0 Å². The van der Waals surface area contributed by atoms with E-state index in [-0.39, 0.29) is 6.42 Å². The SMILES string of the molecule is CC(OC(=O)CCc1c[nH]c2ccccc12)C(=O)Nc1cccc(F)c1. The summed E-state index contributed by atoms with van der Waals surface area (Å²) in [5.74, 6) is -1.42. The van der Waals surface area contributed by atoms with Gasteiger partial charge < -0.3 is 15.0 Å². The summed E-state index contributed by atoms with van der Waals surface area (Å²) in [5, 5.41) is 3.59. The summed E-state index contributed by atoms with van der Waals surface area (Å²) in [6, 6.07) is 13.4. The van der Waals surface area contributed by atoms with Crippen LogP contribution in [0.2, 0.25) is 0 Å². The molecule has 0 saturated heterocycles. The van der Waals surface area contributed by atoms with E-state index in [0.29, 0.717) is 12.1 Å². The van der Waals surface area contributed by atoms with E-state index < -0.39 is 23.8 Å². The van der Waals surface area contributed by atoms with Gasteiger partial charge >= 0.3 is 5.97 Å². The quantitative estimate of drug-likeness (QED) is 0.661. The number of aromatic nitrogens is 1. The summed E-state index contributed by atoms with van der Waals surface area (Å²) in [7, 11) is 0. The number of benzene rings is 2. The van der Waals surface area contributed by atoms with Crippen LogP contribution in [0.25, 0.3) is 10.9 Å². The van der Waals surface area contributed by atoms with Crippen LogP contribution in [0, 0.1) is 5.82 Å². The highest BCUT2D eigenvalue weighted by Crippen LogP contribution is 2.19. The van der Waals surface area contributed by atoms with Crippen molar-refractivity contribution in [3.63, 3.8) is 0 Å². The van der Waals surface area contributed by atoms with Crippen molar-refractivity contribution in [1.82, 2.24) is 4.98 Å². The lowest BCUT2D eigenvalue weighted by Gasteiger charge is -2.13. The lowest BCUT2D eigenvalue weighted by molar-refractivity contribution is -0.153. The highest BCUT2D eigenvalue weighted by molar-refractivity contribution is 5.95. The Morgan fingerprint density at radius 3 is 2.81 bits per heavy atom. The van der Waals surface area contributed by atoms with Gasteiger partial charge in [0.1, 0.15) is 5.82 Å².